The highest BCUT2D eigenvalue weighted by molar-refractivity contribution is 5.17. The van der Waals surface area contributed by atoms with E-state index in [1.54, 1.807) is 0 Å². The second-order valence-electron chi connectivity index (χ2n) is 5.58. The van der Waals surface area contributed by atoms with Crippen LogP contribution in [0.1, 0.15) is 38.2 Å². The molecule has 1 fully saturated rings. The number of nitrogens with zero attached hydrogens (tertiary/aromatic N) is 1. The molecule has 0 atom stereocenters. The lowest BCUT2D eigenvalue weighted by Gasteiger charge is -2.38. The summed E-state index contributed by atoms with van der Waals surface area (Å²) in [5.74, 6) is 0. The summed E-state index contributed by atoms with van der Waals surface area (Å²) in [4.78, 5) is 2.49. The number of likely N-dealkylation sites (tertiary alicyclic amines) is 1. The van der Waals surface area contributed by atoms with Crippen molar-refractivity contribution < 1.29 is 5.11 Å². The van der Waals surface area contributed by atoms with Gasteiger partial charge in [-0.05, 0) is 31.4 Å². The normalized spacial score (nSPS) is 19.9. The van der Waals surface area contributed by atoms with Crippen LogP contribution in [0.25, 0.3) is 0 Å². The largest absolute Gasteiger partial charge is 0.389 e. The molecule has 2 heteroatoms. The molecular formula is C16H25NO. The first kappa shape index (κ1) is 13.6. The summed E-state index contributed by atoms with van der Waals surface area (Å²) in [5.41, 5.74) is 0.770. The number of piperidine rings is 1. The van der Waals surface area contributed by atoms with Gasteiger partial charge in [0.05, 0.1) is 5.60 Å². The van der Waals surface area contributed by atoms with Gasteiger partial charge in [-0.15, -0.1) is 0 Å². The van der Waals surface area contributed by atoms with Crippen molar-refractivity contribution in [2.24, 2.45) is 0 Å². The molecule has 2 nitrogen and oxygen atoms in total. The van der Waals surface area contributed by atoms with Gasteiger partial charge in [0, 0.05) is 19.5 Å². The second kappa shape index (κ2) is 6.35. The van der Waals surface area contributed by atoms with Gasteiger partial charge in [0.2, 0.25) is 0 Å². The molecule has 0 radical (unpaired) electrons. The van der Waals surface area contributed by atoms with Crippen LogP contribution in [0.3, 0.4) is 0 Å². The molecule has 1 heterocycles. The Kier molecular flexibility index (Phi) is 4.79. The summed E-state index contributed by atoms with van der Waals surface area (Å²) in [6.07, 6.45) is 5.15. The zero-order valence-corrected chi connectivity index (χ0v) is 11.4. The van der Waals surface area contributed by atoms with E-state index in [0.29, 0.717) is 0 Å². The molecule has 1 aromatic rings. The fraction of sp³-hybridized carbons (Fsp3) is 0.625. The molecule has 1 N–H and O–H groups in total. The molecule has 0 aromatic heterocycles. The maximum absolute atomic E-state index is 10.6. The Bertz CT molecular complexity index is 341. The van der Waals surface area contributed by atoms with E-state index < -0.39 is 5.60 Å². The van der Waals surface area contributed by atoms with Crippen molar-refractivity contribution in [3.63, 3.8) is 0 Å². The molecule has 18 heavy (non-hydrogen) atoms. The molecule has 0 spiro atoms. The fourth-order valence-corrected chi connectivity index (χ4v) is 2.73. The van der Waals surface area contributed by atoms with Gasteiger partial charge in [-0.3, -0.25) is 0 Å². The first-order valence-corrected chi connectivity index (χ1v) is 7.20. The topological polar surface area (TPSA) is 23.5 Å². The van der Waals surface area contributed by atoms with Crippen molar-refractivity contribution >= 4 is 0 Å². The van der Waals surface area contributed by atoms with Gasteiger partial charge in [-0.2, -0.15) is 0 Å². The molecule has 100 valence electrons. The van der Waals surface area contributed by atoms with Gasteiger partial charge < -0.3 is 10.0 Å². The van der Waals surface area contributed by atoms with Crippen molar-refractivity contribution in [2.75, 3.05) is 19.6 Å². The molecule has 1 aliphatic heterocycles. The quantitative estimate of drug-likeness (QED) is 0.865. The zero-order valence-electron chi connectivity index (χ0n) is 11.4. The molecule has 1 aromatic carbocycles. The van der Waals surface area contributed by atoms with Crippen LogP contribution in [0.2, 0.25) is 0 Å². The van der Waals surface area contributed by atoms with Crippen LogP contribution >= 0.6 is 0 Å². The molecular weight excluding hydrogens is 222 g/mol. The third-order valence-electron chi connectivity index (χ3n) is 3.99. The number of rotatable bonds is 5. The number of benzene rings is 1. The third kappa shape index (κ3) is 3.82. The summed E-state index contributed by atoms with van der Waals surface area (Å²) < 4.78 is 0. The van der Waals surface area contributed by atoms with Crippen molar-refractivity contribution in [2.45, 2.75) is 44.6 Å². The van der Waals surface area contributed by atoms with Crippen LogP contribution < -0.4 is 0 Å². The van der Waals surface area contributed by atoms with E-state index in [1.165, 1.54) is 24.9 Å². The third-order valence-corrected chi connectivity index (χ3v) is 3.99. The minimum atomic E-state index is -0.482. The lowest BCUT2D eigenvalue weighted by atomic mass is 9.85. The molecule has 0 saturated carbocycles. The Morgan fingerprint density at radius 2 is 1.83 bits per heavy atom. The van der Waals surface area contributed by atoms with Crippen LogP contribution in [0, 0.1) is 0 Å². The van der Waals surface area contributed by atoms with Gasteiger partial charge in [-0.25, -0.2) is 0 Å². The van der Waals surface area contributed by atoms with Gasteiger partial charge in [0.1, 0.15) is 0 Å². The Morgan fingerprint density at radius 3 is 2.44 bits per heavy atom. The molecule has 1 aliphatic rings. The van der Waals surface area contributed by atoms with E-state index >= 15 is 0 Å². The summed E-state index contributed by atoms with van der Waals surface area (Å²) >= 11 is 0. The molecule has 0 bridgehead atoms. The lowest BCUT2D eigenvalue weighted by molar-refractivity contribution is -0.0207. The first-order valence-electron chi connectivity index (χ1n) is 7.20. The van der Waals surface area contributed by atoms with E-state index in [1.807, 2.05) is 6.07 Å². The predicted octanol–water partition coefficient (Wildman–Crippen LogP) is 2.86. The van der Waals surface area contributed by atoms with E-state index in [2.05, 4.69) is 36.1 Å². The van der Waals surface area contributed by atoms with Crippen molar-refractivity contribution in [3.8, 4) is 0 Å². The minimum Gasteiger partial charge on any atom is -0.389 e. The Labute approximate surface area is 111 Å². The predicted molar refractivity (Wildman–Crippen MR) is 75.7 cm³/mol. The van der Waals surface area contributed by atoms with Gasteiger partial charge in [0.25, 0.3) is 0 Å². The van der Waals surface area contributed by atoms with Crippen LogP contribution in [-0.2, 0) is 6.42 Å². The summed E-state index contributed by atoms with van der Waals surface area (Å²) in [7, 11) is 0. The van der Waals surface area contributed by atoms with Crippen molar-refractivity contribution in [1.82, 2.24) is 4.90 Å². The fourth-order valence-electron chi connectivity index (χ4n) is 2.73. The average Bonchev–Trinajstić information content (AvgIpc) is 2.39. The second-order valence-corrected chi connectivity index (χ2v) is 5.58. The van der Waals surface area contributed by atoms with Gasteiger partial charge in [-0.1, -0.05) is 43.7 Å². The van der Waals surface area contributed by atoms with E-state index in [4.69, 9.17) is 0 Å². The smallest absolute Gasteiger partial charge is 0.0712 e. The Balaban J connectivity index is 1.83. The van der Waals surface area contributed by atoms with Crippen LogP contribution in [0.5, 0.6) is 0 Å². The Morgan fingerprint density at radius 1 is 1.17 bits per heavy atom. The maximum Gasteiger partial charge on any atom is 0.0712 e. The van der Waals surface area contributed by atoms with Gasteiger partial charge in [0.15, 0.2) is 0 Å². The van der Waals surface area contributed by atoms with E-state index in [-0.39, 0.29) is 0 Å². The van der Waals surface area contributed by atoms with Crippen molar-refractivity contribution in [1.29, 1.82) is 0 Å². The van der Waals surface area contributed by atoms with Gasteiger partial charge >= 0.3 is 0 Å². The molecule has 0 amide bonds. The monoisotopic (exact) mass is 247 g/mol. The van der Waals surface area contributed by atoms with E-state index in [9.17, 15) is 5.11 Å². The first-order chi connectivity index (χ1) is 8.72. The summed E-state index contributed by atoms with van der Waals surface area (Å²) in [6, 6.07) is 10.4. The highest BCUT2D eigenvalue weighted by atomic mass is 16.3. The lowest BCUT2D eigenvalue weighted by Crippen LogP contribution is -2.45. The zero-order chi connectivity index (χ0) is 12.8. The molecule has 0 aliphatic carbocycles. The van der Waals surface area contributed by atoms with Crippen LogP contribution in [0.4, 0.5) is 0 Å². The molecule has 0 unspecified atom stereocenters. The van der Waals surface area contributed by atoms with Crippen LogP contribution in [0.15, 0.2) is 30.3 Å². The number of hydrogen-bond donors (Lipinski definition) is 1. The maximum atomic E-state index is 10.6. The SMILES string of the molecule is CCCCN1CCC(O)(Cc2ccccc2)CC1. The summed E-state index contributed by atoms with van der Waals surface area (Å²) in [5, 5.41) is 10.6. The van der Waals surface area contributed by atoms with Crippen LogP contribution in [-0.4, -0.2) is 35.2 Å². The number of hydrogen-bond acceptors (Lipinski definition) is 2. The Hall–Kier alpha value is -0.860. The molecule has 1 saturated heterocycles. The minimum absolute atomic E-state index is 0.482. The number of unbranched alkanes of at least 4 members (excludes halogenated alkanes) is 1. The molecule has 2 rings (SSSR count). The standard InChI is InChI=1S/C16H25NO/c1-2-3-11-17-12-9-16(18,10-13-17)14-15-7-5-4-6-8-15/h4-8,18H,2-3,9-14H2,1H3. The highest BCUT2D eigenvalue weighted by Gasteiger charge is 2.31. The highest BCUT2D eigenvalue weighted by Crippen LogP contribution is 2.26. The average molecular weight is 247 g/mol. The number of aliphatic hydroxyl groups is 1. The summed E-state index contributed by atoms with van der Waals surface area (Å²) in [6.45, 7) is 5.51. The van der Waals surface area contributed by atoms with E-state index in [0.717, 1.165) is 32.4 Å². The van der Waals surface area contributed by atoms with Crippen molar-refractivity contribution in [3.05, 3.63) is 35.9 Å².